The minimum atomic E-state index is -0.560. The van der Waals surface area contributed by atoms with E-state index in [2.05, 4.69) is 15.3 Å². The summed E-state index contributed by atoms with van der Waals surface area (Å²) in [7, 11) is 3.27. The predicted molar refractivity (Wildman–Crippen MR) is 78.7 cm³/mol. The molecule has 1 fully saturated rings. The third-order valence-corrected chi connectivity index (χ3v) is 4.95. The summed E-state index contributed by atoms with van der Waals surface area (Å²) >= 11 is 1.65. The van der Waals surface area contributed by atoms with Gasteiger partial charge >= 0.3 is 5.97 Å². The molecule has 110 valence electrons. The molecule has 0 saturated heterocycles. The fourth-order valence-electron chi connectivity index (χ4n) is 2.63. The minimum absolute atomic E-state index is 0.171. The highest BCUT2D eigenvalue weighted by atomic mass is 32.2. The zero-order valence-corrected chi connectivity index (χ0v) is 13.0. The topological polar surface area (TPSA) is 64.1 Å². The number of methoxy groups -OCH3 is 1. The molecule has 6 heteroatoms. The first-order chi connectivity index (χ1) is 9.59. The molecule has 0 bridgehead atoms. The van der Waals surface area contributed by atoms with Crippen LogP contribution in [-0.4, -0.2) is 40.9 Å². The van der Waals surface area contributed by atoms with Gasteiger partial charge in [-0.05, 0) is 45.2 Å². The van der Waals surface area contributed by atoms with E-state index in [0.717, 1.165) is 36.4 Å². The summed E-state index contributed by atoms with van der Waals surface area (Å²) in [4.78, 5) is 20.7. The van der Waals surface area contributed by atoms with Crippen LogP contribution in [0.3, 0.4) is 0 Å². The molecule has 1 heterocycles. The number of hydrogen-bond donors (Lipinski definition) is 1. The number of rotatable bonds is 4. The first kappa shape index (κ1) is 15.3. The average Bonchev–Trinajstić information content (AvgIpc) is 2.49. The highest BCUT2D eigenvalue weighted by Crippen LogP contribution is 2.37. The zero-order valence-electron chi connectivity index (χ0n) is 12.2. The van der Waals surface area contributed by atoms with Gasteiger partial charge in [0.1, 0.15) is 5.54 Å². The maximum absolute atomic E-state index is 12.0. The molecular weight excluding hydrogens is 274 g/mol. The third kappa shape index (κ3) is 3.30. The van der Waals surface area contributed by atoms with Crippen LogP contribution in [0.25, 0.3) is 0 Å². The second-order valence-electron chi connectivity index (χ2n) is 5.20. The summed E-state index contributed by atoms with van der Waals surface area (Å²) in [5.74, 6) is -0.171. The van der Waals surface area contributed by atoms with Crippen LogP contribution in [0.5, 0.6) is 0 Å². The summed E-state index contributed by atoms with van der Waals surface area (Å²) in [5, 5.41) is 4.27. The molecule has 0 aliphatic heterocycles. The van der Waals surface area contributed by atoms with Gasteiger partial charge in [-0.3, -0.25) is 4.79 Å². The lowest BCUT2D eigenvalue weighted by atomic mass is 9.81. The second kappa shape index (κ2) is 6.54. The Morgan fingerprint density at radius 1 is 1.50 bits per heavy atom. The SMILES string of the molecule is CNC1(C(=O)OC)CCCC(Sc2ncc(C)cn2)C1. The van der Waals surface area contributed by atoms with Crippen molar-refractivity contribution in [2.75, 3.05) is 14.2 Å². The van der Waals surface area contributed by atoms with E-state index < -0.39 is 5.54 Å². The molecular formula is C14H21N3O2S. The van der Waals surface area contributed by atoms with Crippen LogP contribution in [0.4, 0.5) is 0 Å². The average molecular weight is 295 g/mol. The number of nitrogens with one attached hydrogen (secondary N) is 1. The number of hydrogen-bond acceptors (Lipinski definition) is 6. The molecule has 2 atom stereocenters. The molecule has 0 spiro atoms. The van der Waals surface area contributed by atoms with Gasteiger partial charge in [0, 0.05) is 17.6 Å². The third-order valence-electron chi connectivity index (χ3n) is 3.79. The highest BCUT2D eigenvalue weighted by molar-refractivity contribution is 7.99. The van der Waals surface area contributed by atoms with Crippen molar-refractivity contribution in [3.05, 3.63) is 18.0 Å². The van der Waals surface area contributed by atoms with Crippen LogP contribution in [0, 0.1) is 6.92 Å². The summed E-state index contributed by atoms with van der Waals surface area (Å²) < 4.78 is 4.96. The Labute approximate surface area is 123 Å². The fraction of sp³-hybridized carbons (Fsp3) is 0.643. The van der Waals surface area contributed by atoms with Crippen molar-refractivity contribution >= 4 is 17.7 Å². The Hall–Kier alpha value is -1.14. The molecule has 1 aromatic rings. The summed E-state index contributed by atoms with van der Waals surface area (Å²) in [6.07, 6.45) is 7.29. The number of nitrogens with zero attached hydrogens (tertiary/aromatic N) is 2. The normalized spacial score (nSPS) is 26.2. The highest BCUT2D eigenvalue weighted by Gasteiger charge is 2.43. The van der Waals surface area contributed by atoms with Crippen LogP contribution in [0.1, 0.15) is 31.2 Å². The van der Waals surface area contributed by atoms with Crippen molar-refractivity contribution in [2.24, 2.45) is 0 Å². The number of thioether (sulfide) groups is 1. The smallest absolute Gasteiger partial charge is 0.326 e. The predicted octanol–water partition coefficient (Wildman–Crippen LogP) is 1.95. The molecule has 0 radical (unpaired) electrons. The molecule has 1 saturated carbocycles. The number of ether oxygens (including phenoxy) is 1. The maximum atomic E-state index is 12.0. The monoisotopic (exact) mass is 295 g/mol. The van der Waals surface area contributed by atoms with Gasteiger partial charge in [-0.25, -0.2) is 9.97 Å². The van der Waals surface area contributed by atoms with E-state index in [4.69, 9.17) is 4.74 Å². The lowest BCUT2D eigenvalue weighted by Gasteiger charge is -2.37. The van der Waals surface area contributed by atoms with Gasteiger partial charge < -0.3 is 10.1 Å². The summed E-state index contributed by atoms with van der Waals surface area (Å²) in [6, 6.07) is 0. The van der Waals surface area contributed by atoms with E-state index in [1.54, 1.807) is 11.8 Å². The van der Waals surface area contributed by atoms with Crippen LogP contribution in [-0.2, 0) is 9.53 Å². The Kier molecular flexibility index (Phi) is 4.99. The van der Waals surface area contributed by atoms with Crippen molar-refractivity contribution in [3.63, 3.8) is 0 Å². The number of aromatic nitrogens is 2. The van der Waals surface area contributed by atoms with Crippen molar-refractivity contribution < 1.29 is 9.53 Å². The number of likely N-dealkylation sites (N-methyl/N-ethyl adjacent to an activating group) is 1. The van der Waals surface area contributed by atoms with E-state index >= 15 is 0 Å². The van der Waals surface area contributed by atoms with Crippen LogP contribution >= 0.6 is 11.8 Å². The number of carbonyl (C=O) groups is 1. The van der Waals surface area contributed by atoms with Crippen molar-refractivity contribution in [1.82, 2.24) is 15.3 Å². The maximum Gasteiger partial charge on any atom is 0.326 e. The molecule has 5 nitrogen and oxygen atoms in total. The lowest BCUT2D eigenvalue weighted by Crippen LogP contribution is -2.54. The number of esters is 1. The zero-order chi connectivity index (χ0) is 14.6. The van der Waals surface area contributed by atoms with E-state index in [0.29, 0.717) is 5.25 Å². The summed E-state index contributed by atoms with van der Waals surface area (Å²) in [5.41, 5.74) is 0.493. The molecule has 0 amide bonds. The summed E-state index contributed by atoms with van der Waals surface area (Å²) in [6.45, 7) is 1.97. The largest absolute Gasteiger partial charge is 0.468 e. The van der Waals surface area contributed by atoms with Gasteiger partial charge in [-0.1, -0.05) is 11.8 Å². The van der Waals surface area contributed by atoms with Crippen molar-refractivity contribution in [3.8, 4) is 0 Å². The van der Waals surface area contributed by atoms with E-state index in [1.807, 2.05) is 26.4 Å². The van der Waals surface area contributed by atoms with Crippen LogP contribution in [0.2, 0.25) is 0 Å². The van der Waals surface area contributed by atoms with Gasteiger partial charge in [-0.15, -0.1) is 0 Å². The van der Waals surface area contributed by atoms with Crippen LogP contribution in [0.15, 0.2) is 17.6 Å². The van der Waals surface area contributed by atoms with E-state index in [9.17, 15) is 4.79 Å². The van der Waals surface area contributed by atoms with Gasteiger partial charge in [0.2, 0.25) is 0 Å². The molecule has 1 aliphatic rings. The molecule has 2 rings (SSSR count). The Balaban J connectivity index is 2.06. The van der Waals surface area contributed by atoms with Crippen molar-refractivity contribution in [2.45, 2.75) is 48.6 Å². The van der Waals surface area contributed by atoms with Crippen LogP contribution < -0.4 is 5.32 Å². The Morgan fingerprint density at radius 2 is 2.20 bits per heavy atom. The molecule has 2 unspecified atom stereocenters. The first-order valence-electron chi connectivity index (χ1n) is 6.82. The standard InChI is InChI=1S/C14H21N3O2S/c1-10-8-16-13(17-9-10)20-11-5-4-6-14(7-11,15-2)12(18)19-3/h8-9,11,15H,4-7H2,1-3H3. The molecule has 1 aliphatic carbocycles. The van der Waals surface area contributed by atoms with E-state index in [1.165, 1.54) is 7.11 Å². The molecule has 20 heavy (non-hydrogen) atoms. The molecule has 1 aromatic heterocycles. The Morgan fingerprint density at radius 3 is 2.80 bits per heavy atom. The van der Waals surface area contributed by atoms with Gasteiger partial charge in [0.15, 0.2) is 5.16 Å². The quantitative estimate of drug-likeness (QED) is 0.676. The van der Waals surface area contributed by atoms with Crippen molar-refractivity contribution in [1.29, 1.82) is 0 Å². The van der Waals surface area contributed by atoms with E-state index in [-0.39, 0.29) is 5.97 Å². The lowest BCUT2D eigenvalue weighted by molar-refractivity contribution is -0.149. The first-order valence-corrected chi connectivity index (χ1v) is 7.70. The number of aryl methyl sites for hydroxylation is 1. The minimum Gasteiger partial charge on any atom is -0.468 e. The van der Waals surface area contributed by atoms with Gasteiger partial charge in [0.25, 0.3) is 0 Å². The molecule has 1 N–H and O–H groups in total. The fourth-order valence-corrected chi connectivity index (χ4v) is 3.80. The molecule has 0 aromatic carbocycles. The van der Waals surface area contributed by atoms with Gasteiger partial charge in [-0.2, -0.15) is 0 Å². The second-order valence-corrected chi connectivity index (χ2v) is 6.47. The van der Waals surface area contributed by atoms with Gasteiger partial charge in [0.05, 0.1) is 7.11 Å². The Bertz CT molecular complexity index is 466. The number of carbonyl (C=O) groups excluding carboxylic acids is 1.